The summed E-state index contributed by atoms with van der Waals surface area (Å²) in [6, 6.07) is 0. The molecular formula is C6H18N4O8P2. The first kappa shape index (κ1) is 18.1. The van der Waals surface area contributed by atoms with Crippen molar-refractivity contribution in [1.29, 1.82) is 0 Å². The molecule has 120 valence electrons. The van der Waals surface area contributed by atoms with E-state index < -0.39 is 15.6 Å². The van der Waals surface area contributed by atoms with Crippen LogP contribution in [0.15, 0.2) is 0 Å². The molecule has 0 amide bonds. The summed E-state index contributed by atoms with van der Waals surface area (Å²) in [4.78, 5) is 53.0. The van der Waals surface area contributed by atoms with Gasteiger partial charge in [-0.2, -0.15) is 0 Å². The third-order valence-corrected chi connectivity index (χ3v) is 2.40. The van der Waals surface area contributed by atoms with Crippen LogP contribution in [0.4, 0.5) is 0 Å². The summed E-state index contributed by atoms with van der Waals surface area (Å²) < 4.78 is 17.8. The standard InChI is InChI=1S/C6H12N4.2H3O4P/c1-7-2-9-4-8(1)5-10(3-7)6-9;2*1-5(2,3)4/h1-6H2;2*(H3,1,2,3,4). The highest BCUT2D eigenvalue weighted by molar-refractivity contribution is 7.45. The average molecular weight is 336 g/mol. The molecule has 4 saturated heterocycles. The molecule has 0 aromatic carbocycles. The van der Waals surface area contributed by atoms with E-state index in [0.717, 1.165) is 0 Å². The van der Waals surface area contributed by atoms with Crippen molar-refractivity contribution >= 4 is 15.6 Å². The molecule has 14 heteroatoms. The van der Waals surface area contributed by atoms with Crippen molar-refractivity contribution in [3.05, 3.63) is 0 Å². The number of hydrogen-bond acceptors (Lipinski definition) is 6. The molecule has 0 aromatic rings. The number of hydrogen-bond donors (Lipinski definition) is 6. The fourth-order valence-corrected chi connectivity index (χ4v) is 2.23. The molecule has 4 fully saturated rings. The van der Waals surface area contributed by atoms with Crippen LogP contribution in [0.1, 0.15) is 0 Å². The minimum Gasteiger partial charge on any atom is -0.303 e. The minimum absolute atomic E-state index is 1.19. The van der Waals surface area contributed by atoms with Gasteiger partial charge in [-0.3, -0.25) is 19.6 Å². The summed E-state index contributed by atoms with van der Waals surface area (Å²) in [6.07, 6.45) is 0. The maximum absolute atomic E-state index is 8.88. The van der Waals surface area contributed by atoms with E-state index in [-0.39, 0.29) is 0 Å². The van der Waals surface area contributed by atoms with Crippen molar-refractivity contribution in [2.75, 3.05) is 40.0 Å². The zero-order chi connectivity index (χ0) is 15.6. The van der Waals surface area contributed by atoms with Gasteiger partial charge in [-0.05, 0) is 0 Å². The smallest absolute Gasteiger partial charge is 0.303 e. The Hall–Kier alpha value is 0.0600. The molecule has 4 heterocycles. The Balaban J connectivity index is 0.000000173. The quantitative estimate of drug-likeness (QED) is 0.250. The second-order valence-corrected chi connectivity index (χ2v) is 6.61. The van der Waals surface area contributed by atoms with E-state index in [4.69, 9.17) is 38.5 Å². The van der Waals surface area contributed by atoms with Crippen LogP contribution in [-0.4, -0.2) is 89.0 Å². The van der Waals surface area contributed by atoms with E-state index in [0.29, 0.717) is 0 Å². The number of nitrogens with zero attached hydrogens (tertiary/aromatic N) is 4. The molecule has 0 radical (unpaired) electrons. The molecule has 0 spiro atoms. The van der Waals surface area contributed by atoms with E-state index in [2.05, 4.69) is 19.6 Å². The van der Waals surface area contributed by atoms with Crippen LogP contribution in [0.2, 0.25) is 0 Å². The van der Waals surface area contributed by atoms with Gasteiger partial charge < -0.3 is 29.4 Å². The highest BCUT2D eigenvalue weighted by Gasteiger charge is 2.36. The maximum atomic E-state index is 8.88. The van der Waals surface area contributed by atoms with Gasteiger partial charge in [0.05, 0.1) is 40.0 Å². The van der Waals surface area contributed by atoms with Crippen molar-refractivity contribution in [1.82, 2.24) is 19.6 Å². The number of phosphoric acid groups is 2. The van der Waals surface area contributed by atoms with E-state index in [9.17, 15) is 0 Å². The van der Waals surface area contributed by atoms with Gasteiger partial charge >= 0.3 is 15.6 Å². The predicted octanol–water partition coefficient (Wildman–Crippen LogP) is -2.88. The fraction of sp³-hybridized carbons (Fsp3) is 1.00. The Morgan fingerprint density at radius 2 is 0.600 bits per heavy atom. The second-order valence-electron chi connectivity index (χ2n) is 4.56. The summed E-state index contributed by atoms with van der Waals surface area (Å²) in [7, 11) is -9.28. The Bertz CT molecular complexity index is 317. The van der Waals surface area contributed by atoms with Crippen LogP contribution in [0.3, 0.4) is 0 Å². The van der Waals surface area contributed by atoms with Crippen molar-refractivity contribution in [3.8, 4) is 0 Å². The SMILES string of the molecule is C1N2CN3CN1CN(C2)C3.O=P(O)(O)O.O=P(O)(O)O. The molecule has 6 N–H and O–H groups in total. The lowest BCUT2D eigenvalue weighted by molar-refractivity contribution is -0.194. The molecule has 0 unspecified atom stereocenters. The van der Waals surface area contributed by atoms with Crippen LogP contribution in [0.25, 0.3) is 0 Å². The highest BCUT2D eigenvalue weighted by atomic mass is 31.2. The minimum atomic E-state index is -4.64. The first-order valence-corrected chi connectivity index (χ1v) is 8.49. The van der Waals surface area contributed by atoms with Crippen molar-refractivity contribution in [2.24, 2.45) is 0 Å². The van der Waals surface area contributed by atoms with Crippen molar-refractivity contribution in [3.63, 3.8) is 0 Å². The molecule has 12 nitrogen and oxygen atoms in total. The largest absolute Gasteiger partial charge is 0.466 e. The van der Waals surface area contributed by atoms with Crippen LogP contribution >= 0.6 is 15.6 Å². The summed E-state index contributed by atoms with van der Waals surface area (Å²) in [5.41, 5.74) is 0. The van der Waals surface area contributed by atoms with E-state index in [1.807, 2.05) is 0 Å². The van der Waals surface area contributed by atoms with Gasteiger partial charge in [-0.15, -0.1) is 0 Å². The second kappa shape index (κ2) is 6.88. The van der Waals surface area contributed by atoms with Crippen LogP contribution in [0, 0.1) is 0 Å². The van der Waals surface area contributed by atoms with Crippen LogP contribution in [-0.2, 0) is 9.13 Å². The monoisotopic (exact) mass is 336 g/mol. The van der Waals surface area contributed by atoms with Crippen molar-refractivity contribution < 1.29 is 38.5 Å². The van der Waals surface area contributed by atoms with Gasteiger partial charge in [0.15, 0.2) is 0 Å². The zero-order valence-corrected chi connectivity index (χ0v) is 12.2. The summed E-state index contributed by atoms with van der Waals surface area (Å²) in [5.74, 6) is 0. The van der Waals surface area contributed by atoms with Gasteiger partial charge in [0, 0.05) is 0 Å². The van der Waals surface area contributed by atoms with Crippen LogP contribution in [0.5, 0.6) is 0 Å². The lowest BCUT2D eigenvalue weighted by Crippen LogP contribution is -2.71. The molecule has 4 aliphatic rings. The highest BCUT2D eigenvalue weighted by Crippen LogP contribution is 2.26. The molecule has 0 aliphatic carbocycles. The molecular weight excluding hydrogens is 318 g/mol. The Morgan fingerprint density at radius 1 is 0.500 bits per heavy atom. The van der Waals surface area contributed by atoms with Gasteiger partial charge in [-0.1, -0.05) is 0 Å². The lowest BCUT2D eigenvalue weighted by Gasteiger charge is -2.56. The summed E-state index contributed by atoms with van der Waals surface area (Å²) in [5, 5.41) is 0. The molecule has 4 rings (SSSR count). The third-order valence-electron chi connectivity index (χ3n) is 2.40. The predicted molar refractivity (Wildman–Crippen MR) is 65.1 cm³/mol. The van der Waals surface area contributed by atoms with E-state index in [1.54, 1.807) is 0 Å². The summed E-state index contributed by atoms with van der Waals surface area (Å²) >= 11 is 0. The molecule has 0 atom stereocenters. The fourth-order valence-electron chi connectivity index (χ4n) is 2.23. The Labute approximate surface area is 114 Å². The van der Waals surface area contributed by atoms with Crippen molar-refractivity contribution in [2.45, 2.75) is 0 Å². The molecule has 0 aromatic heterocycles. The third kappa shape index (κ3) is 9.08. The lowest BCUT2D eigenvalue weighted by atomic mass is 10.4. The Morgan fingerprint density at radius 3 is 0.700 bits per heavy atom. The first-order valence-electron chi connectivity index (χ1n) is 5.36. The average Bonchev–Trinajstić information content (AvgIpc) is 2.08. The van der Waals surface area contributed by atoms with Gasteiger partial charge in [0.1, 0.15) is 0 Å². The van der Waals surface area contributed by atoms with E-state index >= 15 is 0 Å². The topological polar surface area (TPSA) is 168 Å². The molecule has 4 bridgehead atoms. The molecule has 0 saturated carbocycles. The Kier molecular flexibility index (Phi) is 6.23. The number of rotatable bonds is 0. The maximum Gasteiger partial charge on any atom is 0.466 e. The van der Waals surface area contributed by atoms with Crippen LogP contribution < -0.4 is 0 Å². The van der Waals surface area contributed by atoms with Gasteiger partial charge in [0.2, 0.25) is 0 Å². The van der Waals surface area contributed by atoms with Gasteiger partial charge in [-0.25, -0.2) is 9.13 Å². The molecule has 4 aliphatic heterocycles. The first-order chi connectivity index (χ1) is 8.90. The van der Waals surface area contributed by atoms with E-state index in [1.165, 1.54) is 40.0 Å². The van der Waals surface area contributed by atoms with Gasteiger partial charge in [0.25, 0.3) is 0 Å². The zero-order valence-electron chi connectivity index (χ0n) is 10.4. The summed E-state index contributed by atoms with van der Waals surface area (Å²) in [6.45, 7) is 7.12. The normalized spacial score (nSPS) is 34.7. The molecule has 20 heavy (non-hydrogen) atoms.